The minimum Gasteiger partial charge on any atom is -0.448 e. The molecule has 0 saturated carbocycles. The summed E-state index contributed by atoms with van der Waals surface area (Å²) in [5.74, 6) is -1.31. The molecule has 2 aromatic carbocycles. The van der Waals surface area contributed by atoms with Crippen LogP contribution >= 0.6 is 0 Å². The molecule has 0 aliphatic rings. The van der Waals surface area contributed by atoms with Gasteiger partial charge in [-0.05, 0) is 49.8 Å². The Bertz CT molecular complexity index is 908. The molecule has 1 N–H and O–H groups in total. The van der Waals surface area contributed by atoms with Crippen LogP contribution in [-0.2, 0) is 14.3 Å². The Morgan fingerprint density at radius 3 is 2.25 bits per heavy atom. The zero-order valence-electron chi connectivity index (χ0n) is 16.4. The third-order valence-electron chi connectivity index (χ3n) is 4.03. The van der Waals surface area contributed by atoms with Gasteiger partial charge in [-0.15, -0.1) is 0 Å². The summed E-state index contributed by atoms with van der Waals surface area (Å²) in [6, 6.07) is 16.4. The summed E-state index contributed by atoms with van der Waals surface area (Å²) in [4.78, 5) is 26.4. The molecule has 0 aliphatic heterocycles. The quantitative estimate of drug-likeness (QED) is 0.473. The number of nitrogens with one attached hydrogen (secondary N) is 1. The fraction of sp³-hybridized carbons (Fsp3) is 0.227. The molecule has 28 heavy (non-hydrogen) atoms. The van der Waals surface area contributed by atoms with Crippen LogP contribution in [0.25, 0.3) is 6.08 Å². The van der Waals surface area contributed by atoms with E-state index in [1.807, 2.05) is 56.3 Å². The van der Waals surface area contributed by atoms with Crippen molar-refractivity contribution in [3.63, 3.8) is 0 Å². The molecular formula is C22H23N3O3. The highest BCUT2D eigenvalue weighted by Crippen LogP contribution is 2.16. The number of hydrogen-bond acceptors (Lipinski definition) is 5. The van der Waals surface area contributed by atoms with Crippen molar-refractivity contribution in [3.05, 3.63) is 65.2 Å². The predicted octanol–water partition coefficient (Wildman–Crippen LogP) is 3.54. The van der Waals surface area contributed by atoms with Gasteiger partial charge in [0.25, 0.3) is 5.91 Å². The van der Waals surface area contributed by atoms with Crippen molar-refractivity contribution in [2.75, 3.05) is 24.3 Å². The molecule has 6 nitrogen and oxygen atoms in total. The maximum absolute atomic E-state index is 12.3. The molecule has 144 valence electrons. The molecule has 0 heterocycles. The lowest BCUT2D eigenvalue weighted by Gasteiger charge is -2.13. The number of aryl methyl sites for hydroxylation is 1. The number of esters is 1. The van der Waals surface area contributed by atoms with Gasteiger partial charge < -0.3 is 15.0 Å². The van der Waals surface area contributed by atoms with Crippen LogP contribution in [0.3, 0.4) is 0 Å². The van der Waals surface area contributed by atoms with Crippen LogP contribution in [0.15, 0.2) is 54.1 Å². The Hall–Kier alpha value is -3.59. The summed E-state index contributed by atoms with van der Waals surface area (Å²) < 4.78 is 5.15. The molecular weight excluding hydrogens is 354 g/mol. The van der Waals surface area contributed by atoms with E-state index in [-0.39, 0.29) is 5.57 Å². The number of amides is 1. The van der Waals surface area contributed by atoms with Gasteiger partial charge in [0.1, 0.15) is 11.6 Å². The van der Waals surface area contributed by atoms with E-state index in [4.69, 9.17) is 4.74 Å². The minimum absolute atomic E-state index is 0.174. The monoisotopic (exact) mass is 377 g/mol. The van der Waals surface area contributed by atoms with Gasteiger partial charge in [-0.1, -0.05) is 29.8 Å². The summed E-state index contributed by atoms with van der Waals surface area (Å²) in [5, 5.41) is 12.0. The molecule has 2 rings (SSSR count). The molecule has 2 aromatic rings. The van der Waals surface area contributed by atoms with Crippen LogP contribution in [0.1, 0.15) is 18.1 Å². The topological polar surface area (TPSA) is 82.4 Å². The SMILES string of the molecule is Cc1ccc(NC(=O)[C@@H](C)OC(=O)/C(C#N)=C/c2ccc(N(C)C)cc2)cc1. The summed E-state index contributed by atoms with van der Waals surface area (Å²) in [6.07, 6.45) is 0.397. The number of anilines is 2. The van der Waals surface area contributed by atoms with Crippen molar-refractivity contribution in [2.24, 2.45) is 0 Å². The van der Waals surface area contributed by atoms with Gasteiger partial charge in [-0.3, -0.25) is 4.79 Å². The molecule has 0 aliphatic carbocycles. The standard InChI is InChI=1S/C22H23N3O3/c1-15-5-9-19(10-6-15)24-21(26)16(2)28-22(27)18(14-23)13-17-7-11-20(12-8-17)25(3)4/h5-13,16H,1-4H3,(H,24,26)/b18-13+/t16-/m1/s1. The first-order valence-electron chi connectivity index (χ1n) is 8.78. The number of rotatable bonds is 6. The Morgan fingerprint density at radius 2 is 1.71 bits per heavy atom. The predicted molar refractivity (Wildman–Crippen MR) is 110 cm³/mol. The van der Waals surface area contributed by atoms with E-state index in [0.29, 0.717) is 11.3 Å². The highest BCUT2D eigenvalue weighted by atomic mass is 16.5. The molecule has 1 amide bonds. The number of ether oxygens (including phenoxy) is 1. The van der Waals surface area contributed by atoms with Crippen LogP contribution < -0.4 is 10.2 Å². The normalized spacial score (nSPS) is 11.9. The molecule has 0 unspecified atom stereocenters. The van der Waals surface area contributed by atoms with E-state index in [9.17, 15) is 14.9 Å². The van der Waals surface area contributed by atoms with Crippen LogP contribution in [0.4, 0.5) is 11.4 Å². The zero-order chi connectivity index (χ0) is 20.7. The maximum Gasteiger partial charge on any atom is 0.349 e. The number of carbonyl (C=O) groups is 2. The molecule has 1 atom stereocenters. The minimum atomic E-state index is -1.04. The highest BCUT2D eigenvalue weighted by Gasteiger charge is 2.20. The fourth-order valence-corrected chi connectivity index (χ4v) is 2.33. The molecule has 0 fully saturated rings. The van der Waals surface area contributed by atoms with Crippen molar-refractivity contribution in [3.8, 4) is 6.07 Å². The van der Waals surface area contributed by atoms with Gasteiger partial charge in [0.2, 0.25) is 0 Å². The molecule has 0 radical (unpaired) electrons. The number of carbonyl (C=O) groups excluding carboxylic acids is 2. The van der Waals surface area contributed by atoms with Gasteiger partial charge in [0, 0.05) is 25.5 Å². The van der Waals surface area contributed by atoms with Crippen LogP contribution in [0, 0.1) is 18.3 Å². The first kappa shape index (κ1) is 20.7. The number of benzene rings is 2. The zero-order valence-corrected chi connectivity index (χ0v) is 16.4. The highest BCUT2D eigenvalue weighted by molar-refractivity contribution is 6.01. The van der Waals surface area contributed by atoms with Crippen molar-refractivity contribution in [1.29, 1.82) is 5.26 Å². The number of nitrogens with zero attached hydrogens (tertiary/aromatic N) is 2. The first-order valence-corrected chi connectivity index (χ1v) is 8.78. The van der Waals surface area contributed by atoms with Gasteiger partial charge in [0.15, 0.2) is 6.10 Å². The van der Waals surface area contributed by atoms with Crippen LogP contribution in [0.2, 0.25) is 0 Å². The van der Waals surface area contributed by atoms with E-state index in [1.165, 1.54) is 13.0 Å². The summed E-state index contributed by atoms with van der Waals surface area (Å²) in [7, 11) is 3.85. The van der Waals surface area contributed by atoms with Crippen LogP contribution in [0.5, 0.6) is 0 Å². The smallest absolute Gasteiger partial charge is 0.349 e. The van der Waals surface area contributed by atoms with Gasteiger partial charge >= 0.3 is 5.97 Å². The molecule has 0 spiro atoms. The van der Waals surface area contributed by atoms with E-state index in [2.05, 4.69) is 5.32 Å². The van der Waals surface area contributed by atoms with Crippen molar-refractivity contribution < 1.29 is 14.3 Å². The summed E-state index contributed by atoms with van der Waals surface area (Å²) >= 11 is 0. The lowest BCUT2D eigenvalue weighted by Crippen LogP contribution is -2.30. The second kappa shape index (κ2) is 9.38. The van der Waals surface area contributed by atoms with Crippen molar-refractivity contribution in [2.45, 2.75) is 20.0 Å². The molecule has 0 bridgehead atoms. The largest absolute Gasteiger partial charge is 0.448 e. The molecule has 0 aromatic heterocycles. The van der Waals surface area contributed by atoms with Gasteiger partial charge in [0.05, 0.1) is 0 Å². The summed E-state index contributed by atoms with van der Waals surface area (Å²) in [5.41, 5.74) is 3.19. The number of nitriles is 1. The Morgan fingerprint density at radius 1 is 1.11 bits per heavy atom. The van der Waals surface area contributed by atoms with E-state index in [1.54, 1.807) is 24.3 Å². The van der Waals surface area contributed by atoms with Gasteiger partial charge in [-0.2, -0.15) is 5.26 Å². The van der Waals surface area contributed by atoms with E-state index >= 15 is 0 Å². The Labute approximate surface area is 165 Å². The van der Waals surface area contributed by atoms with E-state index < -0.39 is 18.0 Å². The fourth-order valence-electron chi connectivity index (χ4n) is 2.33. The average molecular weight is 377 g/mol. The van der Waals surface area contributed by atoms with Crippen molar-refractivity contribution >= 4 is 29.3 Å². The molecule has 6 heteroatoms. The van der Waals surface area contributed by atoms with Crippen molar-refractivity contribution in [1.82, 2.24) is 0 Å². The lowest BCUT2D eigenvalue weighted by atomic mass is 10.1. The average Bonchev–Trinajstić information content (AvgIpc) is 2.68. The number of hydrogen-bond donors (Lipinski definition) is 1. The lowest BCUT2D eigenvalue weighted by molar-refractivity contribution is -0.148. The first-order chi connectivity index (χ1) is 13.3. The Balaban J connectivity index is 2.02. The van der Waals surface area contributed by atoms with Gasteiger partial charge in [-0.25, -0.2) is 4.79 Å². The maximum atomic E-state index is 12.3. The summed E-state index contributed by atoms with van der Waals surface area (Å²) in [6.45, 7) is 3.40. The van der Waals surface area contributed by atoms with Crippen LogP contribution in [-0.4, -0.2) is 32.1 Å². The third-order valence-corrected chi connectivity index (χ3v) is 4.03. The Kier molecular flexibility index (Phi) is 6.94. The van der Waals surface area contributed by atoms with E-state index in [0.717, 1.165) is 11.3 Å². The molecule has 0 saturated heterocycles. The second-order valence-corrected chi connectivity index (χ2v) is 6.56. The third kappa shape index (κ3) is 5.71. The second-order valence-electron chi connectivity index (χ2n) is 6.56.